The van der Waals surface area contributed by atoms with E-state index in [2.05, 4.69) is 13.8 Å². The molecule has 0 bridgehead atoms. The lowest BCUT2D eigenvalue weighted by atomic mass is 10.0. The van der Waals surface area contributed by atoms with Crippen LogP contribution in [0.3, 0.4) is 0 Å². The van der Waals surface area contributed by atoms with Gasteiger partial charge in [-0.25, -0.2) is 14.1 Å². The third-order valence-corrected chi connectivity index (χ3v) is 2.98. The summed E-state index contributed by atoms with van der Waals surface area (Å²) in [6, 6.07) is 7.20. The fourth-order valence-corrected chi connectivity index (χ4v) is 2.23. The second kappa shape index (κ2) is 4.11. The van der Waals surface area contributed by atoms with Crippen molar-refractivity contribution >= 4 is 9.92 Å². The van der Waals surface area contributed by atoms with E-state index in [0.29, 0.717) is 10.8 Å². The van der Waals surface area contributed by atoms with Gasteiger partial charge in [0.1, 0.15) is 9.92 Å². The van der Waals surface area contributed by atoms with Crippen LogP contribution in [0.1, 0.15) is 19.4 Å². The second-order valence-electron chi connectivity index (χ2n) is 3.81. The van der Waals surface area contributed by atoms with Crippen molar-refractivity contribution in [3.8, 4) is 0 Å². The van der Waals surface area contributed by atoms with E-state index in [1.807, 2.05) is 12.1 Å². The fraction of sp³-hybridized carbons (Fsp3) is 0.400. The summed E-state index contributed by atoms with van der Waals surface area (Å²) in [5, 5.41) is 5.33. The Balaban J connectivity index is 3.17. The predicted octanol–water partition coefficient (Wildman–Crippen LogP) is 2.16. The van der Waals surface area contributed by atoms with Crippen LogP contribution >= 0.6 is 0 Å². The van der Waals surface area contributed by atoms with E-state index < -0.39 is 9.92 Å². The Morgan fingerprint density at radius 2 is 2.00 bits per heavy atom. The van der Waals surface area contributed by atoms with Crippen LogP contribution in [0.25, 0.3) is 0 Å². The number of rotatable bonds is 3. The molecule has 3 nitrogen and oxygen atoms in total. The maximum absolute atomic E-state index is 11.4. The molecule has 0 saturated carbocycles. The van der Waals surface area contributed by atoms with Crippen LogP contribution in [0.4, 0.5) is 0 Å². The van der Waals surface area contributed by atoms with Gasteiger partial charge >= 0.3 is 0 Å². The van der Waals surface area contributed by atoms with Crippen LogP contribution in [0.2, 0.25) is 0 Å². The molecule has 1 rings (SSSR count). The Bertz CT molecular complexity index is 410. The van der Waals surface area contributed by atoms with E-state index in [4.69, 9.17) is 9.92 Å². The van der Waals surface area contributed by atoms with Crippen molar-refractivity contribution in [3.63, 3.8) is 0 Å². The van der Waals surface area contributed by atoms with Gasteiger partial charge in [-0.05, 0) is 24.0 Å². The molecule has 0 aliphatic carbocycles. The maximum Gasteiger partial charge on any atom is 0.132 e. The summed E-state index contributed by atoms with van der Waals surface area (Å²) in [6.07, 6.45) is 0.809. The molecule has 78 valence electrons. The lowest BCUT2D eigenvalue weighted by molar-refractivity contribution is 0.636. The first-order valence-electron chi connectivity index (χ1n) is 4.55. The van der Waals surface area contributed by atoms with E-state index in [1.165, 1.54) is 0 Å². The van der Waals surface area contributed by atoms with Crippen LogP contribution in [-0.4, -0.2) is 4.21 Å². The van der Waals surface area contributed by atoms with Crippen molar-refractivity contribution in [3.05, 3.63) is 29.8 Å². The summed E-state index contributed by atoms with van der Waals surface area (Å²) in [5.41, 5.74) is 0.921. The lowest BCUT2D eigenvalue weighted by Gasteiger charge is -2.10. The van der Waals surface area contributed by atoms with Gasteiger partial charge < -0.3 is 0 Å². The first-order chi connectivity index (χ1) is 6.41. The number of nitrogens with one attached hydrogen (secondary N) is 1. The van der Waals surface area contributed by atoms with Crippen molar-refractivity contribution in [2.24, 2.45) is 11.1 Å². The van der Waals surface area contributed by atoms with Crippen molar-refractivity contribution < 1.29 is 4.21 Å². The normalized spacial score (nSPS) is 15.4. The van der Waals surface area contributed by atoms with Crippen LogP contribution in [0, 0.1) is 10.7 Å². The minimum atomic E-state index is -3.08. The van der Waals surface area contributed by atoms with E-state index in [1.54, 1.807) is 12.1 Å². The highest BCUT2D eigenvalue weighted by Crippen LogP contribution is 2.17. The van der Waals surface area contributed by atoms with Gasteiger partial charge in [0.15, 0.2) is 0 Å². The van der Waals surface area contributed by atoms with Crippen LogP contribution < -0.4 is 5.14 Å². The molecule has 0 fully saturated rings. The molecule has 4 heteroatoms. The summed E-state index contributed by atoms with van der Waals surface area (Å²) in [6.45, 7) is 4.16. The topological polar surface area (TPSA) is 66.9 Å². The predicted molar refractivity (Wildman–Crippen MR) is 58.3 cm³/mol. The van der Waals surface area contributed by atoms with Gasteiger partial charge in [-0.2, -0.15) is 0 Å². The molecule has 0 aliphatic rings. The molecule has 0 saturated heterocycles. The molecule has 1 aromatic rings. The molecule has 1 aromatic carbocycles. The Kier molecular flexibility index (Phi) is 3.29. The summed E-state index contributed by atoms with van der Waals surface area (Å²) in [5.74, 6) is 0.470. The largest absolute Gasteiger partial charge is 0.241 e. The molecule has 0 aromatic heterocycles. The SMILES string of the molecule is CC(C)Cc1ccccc1S(=N)(N)=O. The van der Waals surface area contributed by atoms with Crippen molar-refractivity contribution in [1.82, 2.24) is 0 Å². The molecule has 0 spiro atoms. The number of hydrogen-bond donors (Lipinski definition) is 2. The number of hydrogen-bond acceptors (Lipinski definition) is 2. The van der Waals surface area contributed by atoms with E-state index in [0.717, 1.165) is 12.0 Å². The van der Waals surface area contributed by atoms with Gasteiger partial charge in [-0.3, -0.25) is 0 Å². The monoisotopic (exact) mass is 212 g/mol. The Labute approximate surface area is 85.4 Å². The van der Waals surface area contributed by atoms with Gasteiger partial charge in [0.25, 0.3) is 0 Å². The van der Waals surface area contributed by atoms with Gasteiger partial charge in [0.2, 0.25) is 0 Å². The Hall–Kier alpha value is -0.870. The zero-order valence-electron chi connectivity index (χ0n) is 8.49. The third kappa shape index (κ3) is 2.82. The minimum absolute atomic E-state index is 0.466. The third-order valence-electron chi connectivity index (χ3n) is 1.93. The molecule has 1 atom stereocenters. The molecular weight excluding hydrogens is 196 g/mol. The fourth-order valence-electron chi connectivity index (χ4n) is 1.41. The molecule has 0 radical (unpaired) electrons. The smallest absolute Gasteiger partial charge is 0.132 e. The van der Waals surface area contributed by atoms with Crippen molar-refractivity contribution in [1.29, 1.82) is 4.78 Å². The highest BCUT2D eigenvalue weighted by atomic mass is 32.2. The molecule has 1 unspecified atom stereocenters. The first-order valence-corrected chi connectivity index (χ1v) is 6.18. The average Bonchev–Trinajstić information content (AvgIpc) is 2.01. The summed E-state index contributed by atoms with van der Waals surface area (Å²) in [7, 11) is -3.08. The Morgan fingerprint density at radius 3 is 2.50 bits per heavy atom. The van der Waals surface area contributed by atoms with E-state index in [9.17, 15) is 4.21 Å². The quantitative estimate of drug-likeness (QED) is 0.792. The number of nitrogens with two attached hydrogens (primary N) is 1. The lowest BCUT2D eigenvalue weighted by Crippen LogP contribution is -2.13. The van der Waals surface area contributed by atoms with Gasteiger partial charge in [0, 0.05) is 0 Å². The van der Waals surface area contributed by atoms with E-state index >= 15 is 0 Å². The van der Waals surface area contributed by atoms with E-state index in [-0.39, 0.29) is 0 Å². The minimum Gasteiger partial charge on any atom is -0.241 e. The van der Waals surface area contributed by atoms with Crippen LogP contribution in [0.5, 0.6) is 0 Å². The highest BCUT2D eigenvalue weighted by Gasteiger charge is 2.10. The van der Waals surface area contributed by atoms with Gasteiger partial charge in [0.05, 0.1) is 4.90 Å². The highest BCUT2D eigenvalue weighted by molar-refractivity contribution is 7.90. The Morgan fingerprint density at radius 1 is 1.43 bits per heavy atom. The van der Waals surface area contributed by atoms with Gasteiger partial charge in [-0.15, -0.1) is 0 Å². The zero-order valence-corrected chi connectivity index (χ0v) is 9.30. The van der Waals surface area contributed by atoms with Crippen molar-refractivity contribution in [2.45, 2.75) is 25.2 Å². The molecule has 3 N–H and O–H groups in total. The molecule has 0 amide bonds. The standard InChI is InChI=1S/C10H16N2OS/c1-8(2)7-9-5-3-4-6-10(9)14(11,12)13/h3-6,8H,7H2,1-2H3,(H3,11,12,13). The van der Waals surface area contributed by atoms with Crippen molar-refractivity contribution in [2.75, 3.05) is 0 Å². The summed E-state index contributed by atoms with van der Waals surface area (Å²) < 4.78 is 18.8. The second-order valence-corrected chi connectivity index (χ2v) is 5.45. The molecule has 0 aliphatic heterocycles. The summed E-state index contributed by atoms with van der Waals surface area (Å²) in [4.78, 5) is 0.466. The zero-order chi connectivity index (χ0) is 10.8. The van der Waals surface area contributed by atoms with Crippen LogP contribution in [0.15, 0.2) is 29.2 Å². The molecular formula is C10H16N2OS. The van der Waals surface area contributed by atoms with Gasteiger partial charge in [-0.1, -0.05) is 32.0 Å². The summed E-state index contributed by atoms with van der Waals surface area (Å²) >= 11 is 0. The number of benzene rings is 1. The molecule has 14 heavy (non-hydrogen) atoms. The van der Waals surface area contributed by atoms with Crippen LogP contribution in [-0.2, 0) is 16.3 Å². The maximum atomic E-state index is 11.4. The molecule has 0 heterocycles. The average molecular weight is 212 g/mol. The first kappa shape index (κ1) is 11.2.